The van der Waals surface area contributed by atoms with Gasteiger partial charge in [0.05, 0.1) is 12.7 Å². The number of urea groups is 1. The first kappa shape index (κ1) is 16.3. The topological polar surface area (TPSA) is 67.4 Å². The number of rotatable bonds is 5. The molecule has 0 bridgehead atoms. The van der Waals surface area contributed by atoms with Crippen LogP contribution in [-0.2, 0) is 4.74 Å². The number of hydrogen-bond donors (Lipinski definition) is 2. The number of benzene rings is 1. The lowest BCUT2D eigenvalue weighted by Crippen LogP contribution is -2.30. The van der Waals surface area contributed by atoms with E-state index in [0.717, 1.165) is 12.3 Å². The third-order valence-electron chi connectivity index (χ3n) is 4.10. The van der Waals surface area contributed by atoms with E-state index in [4.69, 9.17) is 0 Å². The van der Waals surface area contributed by atoms with Gasteiger partial charge < -0.3 is 15.4 Å². The number of ether oxygens (including phenoxy) is 1. The Morgan fingerprint density at radius 1 is 1.23 bits per heavy atom. The van der Waals surface area contributed by atoms with Crippen molar-refractivity contribution in [1.29, 1.82) is 0 Å². The van der Waals surface area contributed by atoms with Gasteiger partial charge >= 0.3 is 12.0 Å². The largest absolute Gasteiger partial charge is 0.465 e. The summed E-state index contributed by atoms with van der Waals surface area (Å²) in [6, 6.07) is 6.47. The third-order valence-corrected chi connectivity index (χ3v) is 4.10. The Kier molecular flexibility index (Phi) is 6.25. The van der Waals surface area contributed by atoms with E-state index in [-0.39, 0.29) is 6.03 Å². The summed E-state index contributed by atoms with van der Waals surface area (Å²) in [5.41, 5.74) is 1.00. The highest BCUT2D eigenvalue weighted by Crippen LogP contribution is 2.25. The van der Waals surface area contributed by atoms with Crippen molar-refractivity contribution in [3.05, 3.63) is 29.8 Å². The molecule has 2 amide bonds. The molecule has 0 spiro atoms. The fourth-order valence-corrected chi connectivity index (χ4v) is 2.88. The van der Waals surface area contributed by atoms with Gasteiger partial charge in [-0.25, -0.2) is 9.59 Å². The monoisotopic (exact) mass is 304 g/mol. The quantitative estimate of drug-likeness (QED) is 0.817. The second-order valence-electron chi connectivity index (χ2n) is 5.75. The van der Waals surface area contributed by atoms with E-state index in [0.29, 0.717) is 17.8 Å². The van der Waals surface area contributed by atoms with Gasteiger partial charge in [0.15, 0.2) is 0 Å². The molecule has 5 heteroatoms. The van der Waals surface area contributed by atoms with Crippen molar-refractivity contribution in [2.45, 2.75) is 38.5 Å². The van der Waals surface area contributed by atoms with Gasteiger partial charge in [0.1, 0.15) is 0 Å². The zero-order valence-corrected chi connectivity index (χ0v) is 13.1. The summed E-state index contributed by atoms with van der Waals surface area (Å²) in [5, 5.41) is 5.62. The van der Waals surface area contributed by atoms with Crippen LogP contribution < -0.4 is 10.6 Å². The van der Waals surface area contributed by atoms with Crippen LogP contribution in [0, 0.1) is 5.92 Å². The number of carbonyl (C=O) groups is 2. The van der Waals surface area contributed by atoms with Crippen LogP contribution in [0.15, 0.2) is 24.3 Å². The van der Waals surface area contributed by atoms with Gasteiger partial charge in [-0.15, -0.1) is 0 Å². The van der Waals surface area contributed by atoms with E-state index in [1.54, 1.807) is 24.3 Å². The summed E-state index contributed by atoms with van der Waals surface area (Å²) in [6.45, 7) is 0.688. The SMILES string of the molecule is COC(=O)c1cccc(NC(=O)NCCC2CCCCC2)c1. The molecule has 0 unspecified atom stereocenters. The first-order chi connectivity index (χ1) is 10.7. The maximum Gasteiger partial charge on any atom is 0.337 e. The Morgan fingerprint density at radius 3 is 2.73 bits per heavy atom. The Morgan fingerprint density at radius 2 is 2.00 bits per heavy atom. The molecule has 2 N–H and O–H groups in total. The van der Waals surface area contributed by atoms with E-state index in [2.05, 4.69) is 15.4 Å². The van der Waals surface area contributed by atoms with E-state index >= 15 is 0 Å². The second-order valence-corrected chi connectivity index (χ2v) is 5.75. The number of amides is 2. The van der Waals surface area contributed by atoms with Gasteiger partial charge in [-0.3, -0.25) is 0 Å². The Bertz CT molecular complexity index is 510. The van der Waals surface area contributed by atoms with Crippen molar-refractivity contribution < 1.29 is 14.3 Å². The summed E-state index contributed by atoms with van der Waals surface area (Å²) in [6.07, 6.45) is 7.58. The lowest BCUT2D eigenvalue weighted by molar-refractivity contribution is 0.0600. The fraction of sp³-hybridized carbons (Fsp3) is 0.529. The maximum atomic E-state index is 11.9. The smallest absolute Gasteiger partial charge is 0.337 e. The van der Waals surface area contributed by atoms with Crippen LogP contribution in [0.4, 0.5) is 10.5 Å². The number of hydrogen-bond acceptors (Lipinski definition) is 3. The van der Waals surface area contributed by atoms with Crippen LogP contribution in [0.5, 0.6) is 0 Å². The molecule has 0 radical (unpaired) electrons. The molecule has 0 atom stereocenters. The predicted molar refractivity (Wildman–Crippen MR) is 86.0 cm³/mol. The summed E-state index contributed by atoms with van der Waals surface area (Å²) in [4.78, 5) is 23.3. The molecule has 0 aliphatic heterocycles. The molecule has 1 aromatic rings. The molecule has 1 aromatic carbocycles. The van der Waals surface area contributed by atoms with Gasteiger partial charge in [0.25, 0.3) is 0 Å². The highest BCUT2D eigenvalue weighted by molar-refractivity contribution is 5.93. The van der Waals surface area contributed by atoms with Crippen molar-refractivity contribution in [3.8, 4) is 0 Å². The fourth-order valence-electron chi connectivity index (χ4n) is 2.88. The molecule has 1 aliphatic carbocycles. The normalized spacial score (nSPS) is 15.1. The highest BCUT2D eigenvalue weighted by Gasteiger charge is 2.13. The van der Waals surface area contributed by atoms with Crippen molar-refractivity contribution in [3.63, 3.8) is 0 Å². The van der Waals surface area contributed by atoms with Gasteiger partial charge in [0, 0.05) is 12.2 Å². The highest BCUT2D eigenvalue weighted by atomic mass is 16.5. The summed E-state index contributed by atoms with van der Waals surface area (Å²) in [7, 11) is 1.33. The van der Waals surface area contributed by atoms with Gasteiger partial charge in [-0.2, -0.15) is 0 Å². The summed E-state index contributed by atoms with van der Waals surface area (Å²) < 4.78 is 4.66. The Balaban J connectivity index is 1.75. The van der Waals surface area contributed by atoms with E-state index in [9.17, 15) is 9.59 Å². The Hall–Kier alpha value is -2.04. The molecular weight excluding hydrogens is 280 g/mol. The zero-order valence-electron chi connectivity index (χ0n) is 13.1. The molecule has 5 nitrogen and oxygen atoms in total. The van der Waals surface area contributed by atoms with Crippen LogP contribution in [-0.4, -0.2) is 25.7 Å². The lowest BCUT2D eigenvalue weighted by atomic mass is 9.87. The van der Waals surface area contributed by atoms with Crippen molar-refractivity contribution in [2.24, 2.45) is 5.92 Å². The summed E-state index contributed by atoms with van der Waals surface area (Å²) >= 11 is 0. The molecule has 0 heterocycles. The average molecular weight is 304 g/mol. The van der Waals surface area contributed by atoms with Crippen LogP contribution in [0.25, 0.3) is 0 Å². The predicted octanol–water partition coefficient (Wildman–Crippen LogP) is 3.57. The van der Waals surface area contributed by atoms with Crippen molar-refractivity contribution in [2.75, 3.05) is 19.0 Å². The van der Waals surface area contributed by atoms with Gasteiger partial charge in [0.2, 0.25) is 0 Å². The standard InChI is InChI=1S/C17H24N2O3/c1-22-16(20)14-8-5-9-15(12-14)19-17(21)18-11-10-13-6-3-2-4-7-13/h5,8-9,12-13H,2-4,6-7,10-11H2,1H3,(H2,18,19,21). The minimum atomic E-state index is -0.415. The van der Waals surface area contributed by atoms with Gasteiger partial charge in [-0.05, 0) is 30.5 Å². The lowest BCUT2D eigenvalue weighted by Gasteiger charge is -2.21. The second kappa shape index (κ2) is 8.41. The van der Waals surface area contributed by atoms with Crippen molar-refractivity contribution in [1.82, 2.24) is 5.32 Å². The summed E-state index contributed by atoms with van der Waals surface area (Å²) in [5.74, 6) is 0.332. The van der Waals surface area contributed by atoms with Crippen LogP contribution in [0.3, 0.4) is 0 Å². The Labute approximate surface area is 131 Å². The molecule has 0 aromatic heterocycles. The average Bonchev–Trinajstić information content (AvgIpc) is 2.55. The molecule has 2 rings (SSSR count). The number of carbonyl (C=O) groups excluding carboxylic acids is 2. The number of esters is 1. The first-order valence-corrected chi connectivity index (χ1v) is 7.92. The molecule has 1 saturated carbocycles. The maximum absolute atomic E-state index is 11.9. The molecule has 1 aliphatic rings. The molecule has 0 saturated heterocycles. The minimum absolute atomic E-state index is 0.238. The van der Waals surface area contributed by atoms with Crippen LogP contribution >= 0.6 is 0 Å². The third kappa shape index (κ3) is 5.06. The number of anilines is 1. The first-order valence-electron chi connectivity index (χ1n) is 7.92. The van der Waals surface area contributed by atoms with E-state index in [1.165, 1.54) is 39.2 Å². The number of methoxy groups -OCH3 is 1. The molecular formula is C17H24N2O3. The molecule has 120 valence electrons. The number of nitrogens with one attached hydrogen (secondary N) is 2. The van der Waals surface area contributed by atoms with Gasteiger partial charge in [-0.1, -0.05) is 38.2 Å². The van der Waals surface area contributed by atoms with Crippen LogP contribution in [0.2, 0.25) is 0 Å². The zero-order chi connectivity index (χ0) is 15.8. The molecule has 1 fully saturated rings. The van der Waals surface area contributed by atoms with Crippen LogP contribution in [0.1, 0.15) is 48.9 Å². The van der Waals surface area contributed by atoms with E-state index in [1.807, 2.05) is 0 Å². The minimum Gasteiger partial charge on any atom is -0.465 e. The van der Waals surface area contributed by atoms with Crippen molar-refractivity contribution >= 4 is 17.7 Å². The van der Waals surface area contributed by atoms with E-state index < -0.39 is 5.97 Å². The molecule has 22 heavy (non-hydrogen) atoms.